The number of phosphoric acid groups is 1. The maximum absolute atomic E-state index is 12.6. The van der Waals surface area contributed by atoms with E-state index in [2.05, 4.69) is 38.2 Å². The van der Waals surface area contributed by atoms with Crippen LogP contribution in [0.1, 0.15) is 181 Å². The Kier molecular flexibility index (Phi) is 35.7. The first-order valence-electron chi connectivity index (χ1n) is 20.4. The lowest BCUT2D eigenvalue weighted by molar-refractivity contribution is -0.154. The summed E-state index contributed by atoms with van der Waals surface area (Å²) in [5.41, 5.74) is 5.34. The number of nitrogens with two attached hydrogens (primary N) is 1. The molecule has 0 fully saturated rings. The average molecular weight is 746 g/mol. The summed E-state index contributed by atoms with van der Waals surface area (Å²) in [5, 5.41) is 8.87. The van der Waals surface area contributed by atoms with Crippen molar-refractivity contribution in [2.45, 2.75) is 193 Å². The number of phosphoric ester groups is 1. The number of carbonyl (C=O) groups is 2. The third kappa shape index (κ3) is 36.6. The first-order valence-corrected chi connectivity index (χ1v) is 21.9. The van der Waals surface area contributed by atoms with Crippen molar-refractivity contribution in [1.82, 2.24) is 0 Å². The van der Waals surface area contributed by atoms with Gasteiger partial charge in [0.1, 0.15) is 12.1 Å². The van der Waals surface area contributed by atoms with E-state index < -0.39 is 45.1 Å². The fourth-order valence-electron chi connectivity index (χ4n) is 5.52. The third-order valence-corrected chi connectivity index (χ3v) is 9.68. The summed E-state index contributed by atoms with van der Waals surface area (Å²) in [6.45, 7) is 3.85. The van der Waals surface area contributed by atoms with Crippen molar-refractivity contribution in [1.29, 1.82) is 0 Å². The minimum Gasteiger partial charge on any atom is -0.480 e. The predicted octanol–water partition coefficient (Wildman–Crippen LogP) is 10.8. The average Bonchev–Trinajstić information content (AvgIpc) is 3.10. The lowest BCUT2D eigenvalue weighted by atomic mass is 10.1. The third-order valence-electron chi connectivity index (χ3n) is 8.73. The first-order chi connectivity index (χ1) is 24.7. The summed E-state index contributed by atoms with van der Waals surface area (Å²) in [7, 11) is -4.61. The molecule has 3 unspecified atom stereocenters. The quantitative estimate of drug-likeness (QED) is 0.0240. The van der Waals surface area contributed by atoms with Gasteiger partial charge in [0.15, 0.2) is 0 Å². The number of carbonyl (C=O) groups excluding carboxylic acids is 1. The zero-order valence-electron chi connectivity index (χ0n) is 32.5. The Labute approximate surface area is 311 Å². The molecule has 0 aliphatic carbocycles. The Morgan fingerprint density at radius 2 is 1.08 bits per heavy atom. The van der Waals surface area contributed by atoms with Gasteiger partial charge in [-0.05, 0) is 44.9 Å². The molecular weight excluding hydrogens is 669 g/mol. The van der Waals surface area contributed by atoms with Crippen LogP contribution in [0.4, 0.5) is 0 Å². The van der Waals surface area contributed by atoms with E-state index >= 15 is 0 Å². The number of carboxylic acids is 1. The van der Waals surface area contributed by atoms with Crippen molar-refractivity contribution >= 4 is 19.8 Å². The molecular formula is C40H76NO9P. The highest BCUT2D eigenvalue weighted by molar-refractivity contribution is 7.47. The van der Waals surface area contributed by atoms with E-state index in [0.29, 0.717) is 13.0 Å². The van der Waals surface area contributed by atoms with Crippen molar-refractivity contribution < 1.29 is 42.7 Å². The monoisotopic (exact) mass is 746 g/mol. The molecule has 0 heterocycles. The Bertz CT molecular complexity index is 914. The maximum atomic E-state index is 12.6. The number of ether oxygens (including phenoxy) is 2. The molecule has 0 saturated heterocycles. The molecule has 0 radical (unpaired) electrons. The Hall–Kier alpha value is -1.55. The van der Waals surface area contributed by atoms with Crippen LogP contribution in [-0.2, 0) is 32.7 Å². The number of aliphatic carboxylic acids is 1. The van der Waals surface area contributed by atoms with Crippen LogP contribution < -0.4 is 5.73 Å². The van der Waals surface area contributed by atoms with Crippen LogP contribution in [-0.4, -0.2) is 60.5 Å². The summed E-state index contributed by atoms with van der Waals surface area (Å²) >= 11 is 0. The van der Waals surface area contributed by atoms with E-state index in [4.69, 9.17) is 29.4 Å². The molecule has 0 bridgehead atoms. The molecule has 0 aromatic heterocycles. The lowest BCUT2D eigenvalue weighted by Crippen LogP contribution is -2.34. The molecule has 0 rings (SSSR count). The largest absolute Gasteiger partial charge is 0.480 e. The standard InChI is InChI=1S/C40H76NO9P/c1-3-5-7-9-11-13-15-17-18-19-20-21-22-24-26-28-30-32-39(42)50-37(35-48-51(45,46)49-36-38(41)40(43)44)34-47-33-31-29-27-25-23-16-14-12-10-8-6-4-2/h11,13,17-18,37-38H,3-10,12,14-16,19-36,41H2,1-2H3,(H,43,44)(H,45,46)/b13-11-,18-17-. The van der Waals surface area contributed by atoms with Crippen LogP contribution in [0.2, 0.25) is 0 Å². The van der Waals surface area contributed by atoms with Gasteiger partial charge >= 0.3 is 19.8 Å². The highest BCUT2D eigenvalue weighted by atomic mass is 31.2. The minimum atomic E-state index is -4.61. The van der Waals surface area contributed by atoms with Crippen LogP contribution in [0.5, 0.6) is 0 Å². The van der Waals surface area contributed by atoms with Crippen molar-refractivity contribution in [3.63, 3.8) is 0 Å². The number of carboxylic acid groups (broad SMARTS) is 1. The zero-order chi connectivity index (χ0) is 37.7. The van der Waals surface area contributed by atoms with Gasteiger partial charge in [0.2, 0.25) is 0 Å². The van der Waals surface area contributed by atoms with E-state index in [-0.39, 0.29) is 13.0 Å². The molecule has 0 aromatic carbocycles. The normalized spacial score (nSPS) is 14.3. The van der Waals surface area contributed by atoms with E-state index in [1.807, 2.05) is 0 Å². The highest BCUT2D eigenvalue weighted by Crippen LogP contribution is 2.43. The van der Waals surface area contributed by atoms with Gasteiger partial charge in [0, 0.05) is 13.0 Å². The van der Waals surface area contributed by atoms with Gasteiger partial charge in [0.25, 0.3) is 0 Å². The number of unbranched alkanes of at least 4 members (excludes halogenated alkanes) is 21. The molecule has 0 spiro atoms. The van der Waals surface area contributed by atoms with E-state index in [1.165, 1.54) is 103 Å². The molecule has 3 atom stereocenters. The first kappa shape index (κ1) is 49.5. The van der Waals surface area contributed by atoms with Gasteiger partial charge in [-0.3, -0.25) is 18.6 Å². The van der Waals surface area contributed by atoms with Gasteiger partial charge in [-0.1, -0.05) is 154 Å². The molecule has 11 heteroatoms. The second-order valence-electron chi connectivity index (χ2n) is 13.8. The molecule has 4 N–H and O–H groups in total. The fourth-order valence-corrected chi connectivity index (χ4v) is 6.29. The van der Waals surface area contributed by atoms with E-state index in [9.17, 15) is 19.0 Å². The lowest BCUT2D eigenvalue weighted by Gasteiger charge is -2.20. The van der Waals surface area contributed by atoms with Crippen molar-refractivity contribution in [3.05, 3.63) is 24.3 Å². The van der Waals surface area contributed by atoms with Crippen LogP contribution in [0.3, 0.4) is 0 Å². The van der Waals surface area contributed by atoms with Crippen LogP contribution >= 0.6 is 7.82 Å². The molecule has 300 valence electrons. The fraction of sp³-hybridized carbons (Fsp3) is 0.850. The highest BCUT2D eigenvalue weighted by Gasteiger charge is 2.27. The van der Waals surface area contributed by atoms with Crippen LogP contribution in [0, 0.1) is 0 Å². The van der Waals surface area contributed by atoms with Crippen molar-refractivity contribution in [2.24, 2.45) is 5.73 Å². The number of allylic oxidation sites excluding steroid dienone is 4. The van der Waals surface area contributed by atoms with E-state index in [0.717, 1.165) is 51.4 Å². The second-order valence-corrected chi connectivity index (χ2v) is 15.2. The smallest absolute Gasteiger partial charge is 0.472 e. The SMILES string of the molecule is CCCCC/C=C\C/C=C\CCCCCCCCCC(=O)OC(COCCCCCCCCCCCCCC)COP(=O)(O)OCC(N)C(=O)O. The van der Waals surface area contributed by atoms with Gasteiger partial charge in [-0.2, -0.15) is 0 Å². The zero-order valence-corrected chi connectivity index (χ0v) is 33.3. The number of hydrogen-bond donors (Lipinski definition) is 3. The maximum Gasteiger partial charge on any atom is 0.472 e. The number of esters is 1. The Morgan fingerprint density at radius 1 is 0.627 bits per heavy atom. The summed E-state index contributed by atoms with van der Waals surface area (Å²) in [6, 6.07) is -1.47. The molecule has 0 saturated carbocycles. The van der Waals surface area contributed by atoms with Crippen molar-refractivity contribution in [3.8, 4) is 0 Å². The molecule has 0 aliphatic heterocycles. The summed E-state index contributed by atoms with van der Waals surface area (Å²) in [4.78, 5) is 33.4. The predicted molar refractivity (Wildman–Crippen MR) is 208 cm³/mol. The summed E-state index contributed by atoms with van der Waals surface area (Å²) in [5.74, 6) is -1.78. The van der Waals surface area contributed by atoms with E-state index in [1.54, 1.807) is 0 Å². The Morgan fingerprint density at radius 3 is 1.63 bits per heavy atom. The second kappa shape index (κ2) is 36.8. The molecule has 51 heavy (non-hydrogen) atoms. The van der Waals surface area contributed by atoms with Crippen LogP contribution in [0.15, 0.2) is 24.3 Å². The van der Waals surface area contributed by atoms with Gasteiger partial charge in [-0.15, -0.1) is 0 Å². The minimum absolute atomic E-state index is 0.0172. The van der Waals surface area contributed by atoms with Gasteiger partial charge in [-0.25, -0.2) is 4.57 Å². The topological polar surface area (TPSA) is 155 Å². The van der Waals surface area contributed by atoms with Gasteiger partial charge < -0.3 is 25.2 Å². The number of hydrogen-bond acceptors (Lipinski definition) is 8. The summed E-state index contributed by atoms with van der Waals surface area (Å²) < 4.78 is 33.3. The number of rotatable bonds is 39. The van der Waals surface area contributed by atoms with Crippen LogP contribution in [0.25, 0.3) is 0 Å². The molecule has 0 aromatic rings. The molecule has 0 amide bonds. The summed E-state index contributed by atoms with van der Waals surface area (Å²) in [6.07, 6.45) is 37.9. The molecule has 0 aliphatic rings. The van der Waals surface area contributed by atoms with Gasteiger partial charge in [0.05, 0.1) is 19.8 Å². The Balaban J connectivity index is 4.26. The molecule has 10 nitrogen and oxygen atoms in total. The van der Waals surface area contributed by atoms with Crippen molar-refractivity contribution in [2.75, 3.05) is 26.4 Å².